The Morgan fingerprint density at radius 3 is 2.76 bits per heavy atom. The van der Waals surface area contributed by atoms with Crippen LogP contribution in [0, 0.1) is 0 Å². The van der Waals surface area contributed by atoms with Gasteiger partial charge in [0.25, 0.3) is 0 Å². The molecule has 0 atom stereocenters. The smallest absolute Gasteiger partial charge is 0.231 e. The fourth-order valence-corrected chi connectivity index (χ4v) is 2.79. The average molecular weight is 349 g/mol. The first-order valence-electron chi connectivity index (χ1n) is 6.95. The number of benzene rings is 1. The first-order valence-corrected chi connectivity index (χ1v) is 7.75. The van der Waals surface area contributed by atoms with Crippen LogP contribution in [0.25, 0.3) is 0 Å². The van der Waals surface area contributed by atoms with E-state index >= 15 is 0 Å². The van der Waals surface area contributed by atoms with E-state index in [2.05, 4.69) is 47.2 Å². The lowest BCUT2D eigenvalue weighted by atomic mass is 10.2. The number of aromatic nitrogens is 3. The molecule has 3 N–H and O–H groups in total. The van der Waals surface area contributed by atoms with Crippen LogP contribution in [0.1, 0.15) is 18.4 Å². The Morgan fingerprint density at radius 1 is 1.19 bits per heavy atom. The third kappa shape index (κ3) is 3.60. The minimum absolute atomic E-state index is 0.253. The van der Waals surface area contributed by atoms with Crippen LogP contribution in [0.5, 0.6) is 0 Å². The minimum atomic E-state index is 0.253. The highest BCUT2D eigenvalue weighted by Crippen LogP contribution is 2.18. The van der Waals surface area contributed by atoms with Gasteiger partial charge in [-0.05, 0) is 30.5 Å². The van der Waals surface area contributed by atoms with Crippen LogP contribution in [0.2, 0.25) is 0 Å². The highest BCUT2D eigenvalue weighted by molar-refractivity contribution is 9.10. The van der Waals surface area contributed by atoms with Gasteiger partial charge < -0.3 is 16.0 Å². The predicted molar refractivity (Wildman–Crippen MR) is 87.2 cm³/mol. The average Bonchev–Trinajstić information content (AvgIpc) is 2.99. The Kier molecular flexibility index (Phi) is 4.19. The van der Waals surface area contributed by atoms with Gasteiger partial charge in [0.05, 0.1) is 0 Å². The summed E-state index contributed by atoms with van der Waals surface area (Å²) in [5, 5.41) is 3.20. The Hall–Kier alpha value is -1.89. The molecule has 0 radical (unpaired) electrons. The lowest BCUT2D eigenvalue weighted by Gasteiger charge is -2.16. The van der Waals surface area contributed by atoms with Gasteiger partial charge in [-0.25, -0.2) is 0 Å². The summed E-state index contributed by atoms with van der Waals surface area (Å²) in [5.74, 6) is 1.43. The summed E-state index contributed by atoms with van der Waals surface area (Å²) in [7, 11) is 0. The number of nitrogens with two attached hydrogens (primary N) is 1. The molecule has 1 saturated heterocycles. The molecule has 2 heterocycles. The number of nitrogens with one attached hydrogen (secondary N) is 1. The van der Waals surface area contributed by atoms with Gasteiger partial charge in [0.1, 0.15) is 0 Å². The molecule has 1 aromatic heterocycles. The van der Waals surface area contributed by atoms with E-state index in [0.717, 1.165) is 23.1 Å². The Bertz CT molecular complexity index is 627. The van der Waals surface area contributed by atoms with Crippen molar-refractivity contribution in [1.29, 1.82) is 0 Å². The van der Waals surface area contributed by atoms with Gasteiger partial charge in [-0.3, -0.25) is 0 Å². The molecule has 1 aliphatic heterocycles. The van der Waals surface area contributed by atoms with Crippen molar-refractivity contribution in [2.75, 3.05) is 29.0 Å². The zero-order chi connectivity index (χ0) is 14.7. The van der Waals surface area contributed by atoms with Gasteiger partial charge in [0, 0.05) is 24.1 Å². The van der Waals surface area contributed by atoms with E-state index in [9.17, 15) is 0 Å². The van der Waals surface area contributed by atoms with E-state index < -0.39 is 0 Å². The van der Waals surface area contributed by atoms with Crippen LogP contribution < -0.4 is 16.0 Å². The monoisotopic (exact) mass is 348 g/mol. The van der Waals surface area contributed by atoms with E-state index in [4.69, 9.17) is 5.73 Å². The van der Waals surface area contributed by atoms with Crippen molar-refractivity contribution in [2.45, 2.75) is 19.4 Å². The topological polar surface area (TPSA) is 80.0 Å². The molecule has 1 aromatic carbocycles. The molecular weight excluding hydrogens is 332 g/mol. The molecule has 2 aromatic rings. The molecule has 0 amide bonds. The number of nitrogens with zero attached hydrogens (tertiary/aromatic N) is 4. The van der Waals surface area contributed by atoms with Gasteiger partial charge >= 0.3 is 0 Å². The van der Waals surface area contributed by atoms with Crippen molar-refractivity contribution in [3.63, 3.8) is 0 Å². The second kappa shape index (κ2) is 6.26. The Labute approximate surface area is 131 Å². The number of rotatable bonds is 4. The maximum atomic E-state index is 5.78. The summed E-state index contributed by atoms with van der Waals surface area (Å²) in [5.41, 5.74) is 6.93. The summed E-state index contributed by atoms with van der Waals surface area (Å²) in [6.45, 7) is 2.60. The highest BCUT2D eigenvalue weighted by Gasteiger charge is 2.16. The zero-order valence-electron chi connectivity index (χ0n) is 11.6. The predicted octanol–water partition coefficient (Wildman–Crippen LogP) is 2.43. The van der Waals surface area contributed by atoms with Crippen molar-refractivity contribution in [2.24, 2.45) is 0 Å². The molecule has 0 spiro atoms. The van der Waals surface area contributed by atoms with Crippen molar-refractivity contribution >= 4 is 33.8 Å². The van der Waals surface area contributed by atoms with Crippen LogP contribution in [0.15, 0.2) is 28.7 Å². The van der Waals surface area contributed by atoms with Gasteiger partial charge in [-0.2, -0.15) is 15.0 Å². The van der Waals surface area contributed by atoms with Crippen LogP contribution >= 0.6 is 15.9 Å². The minimum Gasteiger partial charge on any atom is -0.368 e. The molecule has 21 heavy (non-hydrogen) atoms. The van der Waals surface area contributed by atoms with Gasteiger partial charge in [-0.1, -0.05) is 28.1 Å². The molecule has 110 valence electrons. The van der Waals surface area contributed by atoms with E-state index in [-0.39, 0.29) is 5.95 Å². The normalized spacial score (nSPS) is 14.4. The van der Waals surface area contributed by atoms with E-state index in [0.29, 0.717) is 18.4 Å². The zero-order valence-corrected chi connectivity index (χ0v) is 13.2. The lowest BCUT2D eigenvalue weighted by Crippen LogP contribution is -2.22. The van der Waals surface area contributed by atoms with E-state index in [1.807, 2.05) is 18.2 Å². The summed E-state index contributed by atoms with van der Waals surface area (Å²) in [4.78, 5) is 15.0. The van der Waals surface area contributed by atoms with Crippen molar-refractivity contribution in [1.82, 2.24) is 15.0 Å². The van der Waals surface area contributed by atoms with Crippen LogP contribution in [0.4, 0.5) is 17.8 Å². The largest absolute Gasteiger partial charge is 0.368 e. The van der Waals surface area contributed by atoms with Crippen LogP contribution in [-0.4, -0.2) is 28.0 Å². The molecule has 0 unspecified atom stereocenters. The quantitative estimate of drug-likeness (QED) is 0.883. The first-order chi connectivity index (χ1) is 10.2. The van der Waals surface area contributed by atoms with Crippen molar-refractivity contribution in [3.8, 4) is 0 Å². The van der Waals surface area contributed by atoms with Crippen molar-refractivity contribution in [3.05, 3.63) is 34.3 Å². The van der Waals surface area contributed by atoms with Gasteiger partial charge in [-0.15, -0.1) is 0 Å². The van der Waals surface area contributed by atoms with Gasteiger partial charge in [0.15, 0.2) is 0 Å². The number of halogens is 1. The third-order valence-corrected chi connectivity index (χ3v) is 3.86. The highest BCUT2D eigenvalue weighted by atomic mass is 79.9. The number of hydrogen-bond acceptors (Lipinski definition) is 6. The second-order valence-corrected chi connectivity index (χ2v) is 5.91. The first kappa shape index (κ1) is 14.1. The SMILES string of the molecule is Nc1nc(NCc2cccc(Br)c2)nc(N2CCCC2)n1. The summed E-state index contributed by atoms with van der Waals surface area (Å²) in [6.07, 6.45) is 2.35. The third-order valence-electron chi connectivity index (χ3n) is 3.37. The van der Waals surface area contributed by atoms with Crippen LogP contribution in [-0.2, 0) is 6.54 Å². The number of hydrogen-bond donors (Lipinski definition) is 2. The second-order valence-electron chi connectivity index (χ2n) is 4.99. The Morgan fingerprint density at radius 2 is 2.00 bits per heavy atom. The molecule has 7 heteroatoms. The number of anilines is 3. The molecule has 6 nitrogen and oxygen atoms in total. The molecule has 0 bridgehead atoms. The fraction of sp³-hybridized carbons (Fsp3) is 0.357. The van der Waals surface area contributed by atoms with Crippen molar-refractivity contribution < 1.29 is 0 Å². The standard InChI is InChI=1S/C14H17BrN6/c15-11-5-3-4-10(8-11)9-17-13-18-12(16)19-14(20-13)21-6-1-2-7-21/h3-5,8H,1-2,6-7,9H2,(H3,16,17,18,19,20). The molecule has 1 aliphatic rings. The maximum absolute atomic E-state index is 5.78. The Balaban J connectivity index is 1.72. The maximum Gasteiger partial charge on any atom is 0.231 e. The summed E-state index contributed by atoms with van der Waals surface area (Å²) < 4.78 is 1.05. The molecule has 3 rings (SSSR count). The lowest BCUT2D eigenvalue weighted by molar-refractivity contribution is 0.881. The summed E-state index contributed by atoms with van der Waals surface area (Å²) >= 11 is 3.46. The molecule has 1 fully saturated rings. The molecular formula is C14H17BrN6. The van der Waals surface area contributed by atoms with E-state index in [1.54, 1.807) is 0 Å². The molecule has 0 saturated carbocycles. The van der Waals surface area contributed by atoms with E-state index in [1.165, 1.54) is 12.8 Å². The fourth-order valence-electron chi connectivity index (χ4n) is 2.35. The molecule has 0 aliphatic carbocycles. The summed E-state index contributed by atoms with van der Waals surface area (Å²) in [6, 6.07) is 8.09. The number of nitrogen functional groups attached to an aromatic ring is 1. The van der Waals surface area contributed by atoms with Crippen LogP contribution in [0.3, 0.4) is 0 Å². The van der Waals surface area contributed by atoms with Gasteiger partial charge in [0.2, 0.25) is 17.8 Å².